The molecule has 1 fully saturated rings. The third kappa shape index (κ3) is 3.53. The SMILES string of the molecule is O=C(O)C1CC(NS(=O)(=O)c2ccc(C(F)(F)F)cc2)C1. The molecule has 0 bridgehead atoms. The summed E-state index contributed by atoms with van der Waals surface area (Å²) in [5.74, 6) is -1.56. The minimum Gasteiger partial charge on any atom is -0.481 e. The van der Waals surface area contributed by atoms with E-state index in [0.717, 1.165) is 12.1 Å². The molecular weight excluding hydrogens is 311 g/mol. The van der Waals surface area contributed by atoms with Crippen LogP contribution in [-0.2, 0) is 21.0 Å². The Morgan fingerprint density at radius 2 is 1.71 bits per heavy atom. The molecule has 1 aliphatic carbocycles. The number of aliphatic carboxylic acids is 1. The maximum absolute atomic E-state index is 12.4. The molecule has 5 nitrogen and oxygen atoms in total. The Kier molecular flexibility index (Phi) is 3.98. The number of carboxylic acid groups (broad SMARTS) is 1. The number of benzene rings is 1. The van der Waals surface area contributed by atoms with Gasteiger partial charge in [0.15, 0.2) is 0 Å². The van der Waals surface area contributed by atoms with Gasteiger partial charge < -0.3 is 5.11 Å². The first kappa shape index (κ1) is 15.8. The third-order valence-electron chi connectivity index (χ3n) is 3.30. The molecule has 1 saturated carbocycles. The molecule has 0 amide bonds. The molecule has 0 radical (unpaired) electrons. The van der Waals surface area contributed by atoms with Gasteiger partial charge in [-0.1, -0.05) is 0 Å². The van der Waals surface area contributed by atoms with Crippen molar-refractivity contribution in [2.24, 2.45) is 5.92 Å². The van der Waals surface area contributed by atoms with Crippen molar-refractivity contribution in [3.05, 3.63) is 29.8 Å². The van der Waals surface area contributed by atoms with Crippen LogP contribution in [-0.4, -0.2) is 25.5 Å². The van der Waals surface area contributed by atoms with E-state index in [0.29, 0.717) is 12.1 Å². The molecule has 9 heteroatoms. The zero-order valence-corrected chi connectivity index (χ0v) is 11.4. The lowest BCUT2D eigenvalue weighted by Gasteiger charge is -2.32. The number of halogens is 3. The smallest absolute Gasteiger partial charge is 0.416 e. The number of hydrogen-bond donors (Lipinski definition) is 2. The topological polar surface area (TPSA) is 83.5 Å². The van der Waals surface area contributed by atoms with Gasteiger partial charge in [-0.3, -0.25) is 4.79 Å². The fourth-order valence-electron chi connectivity index (χ4n) is 2.03. The molecule has 2 N–H and O–H groups in total. The highest BCUT2D eigenvalue weighted by atomic mass is 32.2. The van der Waals surface area contributed by atoms with E-state index in [9.17, 15) is 26.4 Å². The third-order valence-corrected chi connectivity index (χ3v) is 4.84. The number of nitrogens with one attached hydrogen (secondary N) is 1. The molecule has 1 aromatic rings. The van der Waals surface area contributed by atoms with E-state index in [1.807, 2.05) is 0 Å². The molecule has 0 heterocycles. The highest BCUT2D eigenvalue weighted by Gasteiger charge is 2.37. The van der Waals surface area contributed by atoms with Crippen LogP contribution in [0.15, 0.2) is 29.2 Å². The highest BCUT2D eigenvalue weighted by molar-refractivity contribution is 7.89. The van der Waals surface area contributed by atoms with Crippen molar-refractivity contribution < 1.29 is 31.5 Å². The van der Waals surface area contributed by atoms with E-state index < -0.39 is 39.7 Å². The summed E-state index contributed by atoms with van der Waals surface area (Å²) in [6.07, 6.45) is -4.18. The van der Waals surface area contributed by atoms with Gasteiger partial charge in [-0.25, -0.2) is 13.1 Å². The lowest BCUT2D eigenvalue weighted by Crippen LogP contribution is -2.46. The molecule has 0 unspecified atom stereocenters. The van der Waals surface area contributed by atoms with E-state index in [1.165, 1.54) is 0 Å². The molecule has 0 aromatic heterocycles. The van der Waals surface area contributed by atoms with Gasteiger partial charge in [-0.2, -0.15) is 13.2 Å². The van der Waals surface area contributed by atoms with Crippen LogP contribution in [0, 0.1) is 5.92 Å². The van der Waals surface area contributed by atoms with Crippen molar-refractivity contribution in [3.63, 3.8) is 0 Å². The molecule has 1 aliphatic rings. The van der Waals surface area contributed by atoms with Crippen LogP contribution in [0.2, 0.25) is 0 Å². The van der Waals surface area contributed by atoms with Crippen molar-refractivity contribution in [2.45, 2.75) is 30.0 Å². The minimum atomic E-state index is -4.53. The predicted octanol–water partition coefficient (Wildman–Crippen LogP) is 1.85. The van der Waals surface area contributed by atoms with Crippen molar-refractivity contribution in [1.29, 1.82) is 0 Å². The Morgan fingerprint density at radius 1 is 1.19 bits per heavy atom. The van der Waals surface area contributed by atoms with Gasteiger partial charge in [0.25, 0.3) is 0 Å². The molecule has 116 valence electrons. The molecule has 2 rings (SSSR count). The average Bonchev–Trinajstić information content (AvgIpc) is 2.32. The number of carbonyl (C=O) groups is 1. The van der Waals surface area contributed by atoms with E-state index in [-0.39, 0.29) is 17.7 Å². The molecule has 1 aromatic carbocycles. The number of carboxylic acids is 1. The van der Waals surface area contributed by atoms with Gasteiger partial charge >= 0.3 is 12.1 Å². The summed E-state index contributed by atoms with van der Waals surface area (Å²) >= 11 is 0. The van der Waals surface area contributed by atoms with Gasteiger partial charge in [-0.05, 0) is 37.1 Å². The largest absolute Gasteiger partial charge is 0.481 e. The first-order valence-corrected chi connectivity index (χ1v) is 7.50. The van der Waals surface area contributed by atoms with Crippen LogP contribution >= 0.6 is 0 Å². The second-order valence-corrected chi connectivity index (χ2v) is 6.56. The van der Waals surface area contributed by atoms with E-state index in [1.54, 1.807) is 0 Å². The van der Waals surface area contributed by atoms with Gasteiger partial charge in [0.2, 0.25) is 10.0 Å². The van der Waals surface area contributed by atoms with Crippen LogP contribution in [0.3, 0.4) is 0 Å². The molecular formula is C12H12F3NO4S. The second kappa shape index (κ2) is 5.30. The van der Waals surface area contributed by atoms with Crippen LogP contribution in [0.4, 0.5) is 13.2 Å². The molecule has 0 aliphatic heterocycles. The summed E-state index contributed by atoms with van der Waals surface area (Å²) in [6.45, 7) is 0. The van der Waals surface area contributed by atoms with Gasteiger partial charge in [0.1, 0.15) is 0 Å². The molecule has 21 heavy (non-hydrogen) atoms. The average molecular weight is 323 g/mol. The van der Waals surface area contributed by atoms with Crippen molar-refractivity contribution >= 4 is 16.0 Å². The number of rotatable bonds is 4. The van der Waals surface area contributed by atoms with Gasteiger partial charge in [-0.15, -0.1) is 0 Å². The fourth-order valence-corrected chi connectivity index (χ4v) is 3.29. The Morgan fingerprint density at radius 3 is 2.14 bits per heavy atom. The summed E-state index contributed by atoms with van der Waals surface area (Å²) in [5, 5.41) is 8.69. The van der Waals surface area contributed by atoms with Gasteiger partial charge in [0.05, 0.1) is 16.4 Å². The van der Waals surface area contributed by atoms with Crippen molar-refractivity contribution in [2.75, 3.05) is 0 Å². The van der Waals surface area contributed by atoms with Gasteiger partial charge in [0, 0.05) is 6.04 Å². The second-order valence-electron chi connectivity index (χ2n) is 4.85. The summed E-state index contributed by atoms with van der Waals surface area (Å²) in [4.78, 5) is 10.3. The Hall–Kier alpha value is -1.61. The van der Waals surface area contributed by atoms with Crippen molar-refractivity contribution in [3.8, 4) is 0 Å². The van der Waals surface area contributed by atoms with E-state index in [2.05, 4.69) is 4.72 Å². The first-order chi connectivity index (χ1) is 9.59. The number of hydrogen-bond acceptors (Lipinski definition) is 3. The van der Waals surface area contributed by atoms with E-state index in [4.69, 9.17) is 5.11 Å². The maximum atomic E-state index is 12.4. The molecule has 0 saturated heterocycles. The van der Waals surface area contributed by atoms with Crippen LogP contribution in [0.1, 0.15) is 18.4 Å². The fraction of sp³-hybridized carbons (Fsp3) is 0.417. The summed E-state index contributed by atoms with van der Waals surface area (Å²) < 4.78 is 63.3. The predicted molar refractivity (Wildman–Crippen MR) is 65.9 cm³/mol. The van der Waals surface area contributed by atoms with Crippen molar-refractivity contribution in [1.82, 2.24) is 4.72 Å². The normalized spacial score (nSPS) is 22.6. The molecule has 0 spiro atoms. The Labute approximate surface area is 118 Å². The number of alkyl halides is 3. The van der Waals surface area contributed by atoms with Crippen LogP contribution in [0.25, 0.3) is 0 Å². The summed E-state index contributed by atoms with van der Waals surface area (Å²) in [6, 6.07) is 2.63. The highest BCUT2D eigenvalue weighted by Crippen LogP contribution is 2.31. The lowest BCUT2D eigenvalue weighted by atomic mass is 9.81. The zero-order valence-electron chi connectivity index (χ0n) is 10.6. The van der Waals surface area contributed by atoms with E-state index >= 15 is 0 Å². The summed E-state index contributed by atoms with van der Waals surface area (Å²) in [7, 11) is -3.94. The Bertz CT molecular complexity index is 633. The quantitative estimate of drug-likeness (QED) is 0.886. The van der Waals surface area contributed by atoms with Crippen LogP contribution < -0.4 is 4.72 Å². The minimum absolute atomic E-state index is 0.176. The monoisotopic (exact) mass is 323 g/mol. The Balaban J connectivity index is 2.05. The number of sulfonamides is 1. The zero-order chi connectivity index (χ0) is 15.8. The first-order valence-electron chi connectivity index (χ1n) is 6.02. The standard InChI is InChI=1S/C12H12F3NO4S/c13-12(14,15)8-1-3-10(4-2-8)21(19,20)16-9-5-7(6-9)11(17)18/h1-4,7,9,16H,5-6H2,(H,17,18). The molecule has 0 atom stereocenters. The lowest BCUT2D eigenvalue weighted by molar-refractivity contribution is -0.145. The maximum Gasteiger partial charge on any atom is 0.416 e. The summed E-state index contributed by atoms with van der Waals surface area (Å²) in [5.41, 5.74) is -0.934. The van der Waals surface area contributed by atoms with Crippen LogP contribution in [0.5, 0.6) is 0 Å².